The maximum atomic E-state index is 11.6. The van der Waals surface area contributed by atoms with Crippen molar-refractivity contribution in [2.75, 3.05) is 18.1 Å². The highest BCUT2D eigenvalue weighted by molar-refractivity contribution is 7.89. The van der Waals surface area contributed by atoms with Crippen molar-refractivity contribution in [1.29, 1.82) is 0 Å². The Hall–Kier alpha value is -1.37. The van der Waals surface area contributed by atoms with E-state index in [9.17, 15) is 13.2 Å². The van der Waals surface area contributed by atoms with Gasteiger partial charge in [-0.25, -0.2) is 13.4 Å². The molecule has 2 rings (SSSR count). The average Bonchev–Trinajstić information content (AvgIpc) is 2.15. The molecule has 6 nitrogen and oxygen atoms in total. The monoisotopic (exact) mass is 243 g/mol. The van der Waals surface area contributed by atoms with Crippen LogP contribution in [0.2, 0.25) is 0 Å². The zero-order valence-electron chi connectivity index (χ0n) is 8.91. The second-order valence-corrected chi connectivity index (χ2v) is 6.08. The molecule has 0 radical (unpaired) electrons. The third-order valence-corrected chi connectivity index (χ3v) is 3.16. The van der Waals surface area contributed by atoms with Gasteiger partial charge in [0, 0.05) is 12.8 Å². The molecule has 0 unspecified atom stereocenters. The molecule has 0 atom stereocenters. The lowest BCUT2D eigenvalue weighted by Gasteiger charge is -2.16. The molecule has 1 aromatic rings. The first-order valence-corrected chi connectivity index (χ1v) is 7.05. The van der Waals surface area contributed by atoms with Crippen molar-refractivity contribution in [2.45, 2.75) is 18.6 Å². The van der Waals surface area contributed by atoms with Crippen LogP contribution in [0.3, 0.4) is 0 Å². The number of H-pyrrole nitrogens is 1. The van der Waals surface area contributed by atoms with Crippen molar-refractivity contribution in [2.24, 2.45) is 0 Å². The Balaban J connectivity index is 2.43. The van der Waals surface area contributed by atoms with Crippen molar-refractivity contribution in [1.82, 2.24) is 9.97 Å². The Morgan fingerprint density at radius 2 is 2.19 bits per heavy atom. The lowest BCUT2D eigenvalue weighted by atomic mass is 10.1. The number of aromatic amines is 1. The molecule has 0 fully saturated rings. The van der Waals surface area contributed by atoms with E-state index in [-0.39, 0.29) is 17.1 Å². The van der Waals surface area contributed by atoms with Gasteiger partial charge in [-0.05, 0) is 12.8 Å². The number of sulfone groups is 1. The number of fused-ring (bicyclic) bond motifs is 1. The van der Waals surface area contributed by atoms with Gasteiger partial charge >= 0.3 is 0 Å². The largest absolute Gasteiger partial charge is 0.370 e. The van der Waals surface area contributed by atoms with Gasteiger partial charge in [-0.1, -0.05) is 0 Å². The fourth-order valence-corrected chi connectivity index (χ4v) is 2.34. The fourth-order valence-electron chi connectivity index (χ4n) is 1.71. The number of hydrogen-bond acceptors (Lipinski definition) is 5. The predicted molar refractivity (Wildman–Crippen MR) is 60.2 cm³/mol. The molecule has 1 aliphatic heterocycles. The minimum Gasteiger partial charge on any atom is -0.370 e. The zero-order valence-corrected chi connectivity index (χ0v) is 9.73. The molecule has 0 saturated heterocycles. The van der Waals surface area contributed by atoms with Gasteiger partial charge in [0.15, 0.2) is 9.84 Å². The highest BCUT2D eigenvalue weighted by atomic mass is 32.2. The first-order chi connectivity index (χ1) is 7.46. The topological polar surface area (TPSA) is 91.9 Å². The zero-order chi connectivity index (χ0) is 11.8. The normalized spacial score (nSPS) is 15.3. The molecule has 0 aromatic carbocycles. The van der Waals surface area contributed by atoms with Gasteiger partial charge in [-0.15, -0.1) is 0 Å². The molecule has 1 aliphatic rings. The third-order valence-electron chi connectivity index (χ3n) is 2.36. The SMILES string of the molecule is CS(=O)(=O)Cc1nc2c(c(=O)[nH]1)CCCN2. The van der Waals surface area contributed by atoms with E-state index in [1.807, 2.05) is 0 Å². The molecule has 16 heavy (non-hydrogen) atoms. The van der Waals surface area contributed by atoms with E-state index < -0.39 is 9.84 Å². The molecule has 2 N–H and O–H groups in total. The van der Waals surface area contributed by atoms with Crippen LogP contribution in [0.4, 0.5) is 5.82 Å². The Morgan fingerprint density at radius 3 is 2.88 bits per heavy atom. The summed E-state index contributed by atoms with van der Waals surface area (Å²) in [6, 6.07) is 0. The molecular weight excluding hydrogens is 230 g/mol. The van der Waals surface area contributed by atoms with Crippen LogP contribution >= 0.6 is 0 Å². The van der Waals surface area contributed by atoms with Gasteiger partial charge in [-0.2, -0.15) is 0 Å². The second kappa shape index (κ2) is 3.89. The third kappa shape index (κ3) is 2.41. The molecular formula is C9H13N3O3S. The van der Waals surface area contributed by atoms with Crippen LogP contribution in [-0.4, -0.2) is 31.2 Å². The van der Waals surface area contributed by atoms with Crippen LogP contribution in [0.1, 0.15) is 17.8 Å². The summed E-state index contributed by atoms with van der Waals surface area (Å²) in [4.78, 5) is 18.3. The van der Waals surface area contributed by atoms with Crippen molar-refractivity contribution in [3.63, 3.8) is 0 Å². The van der Waals surface area contributed by atoms with Gasteiger partial charge in [0.2, 0.25) is 0 Å². The van der Waals surface area contributed by atoms with Gasteiger partial charge < -0.3 is 10.3 Å². The first kappa shape index (κ1) is 11.1. The molecule has 0 aliphatic carbocycles. The summed E-state index contributed by atoms with van der Waals surface area (Å²) in [5, 5.41) is 3.00. The van der Waals surface area contributed by atoms with Crippen LogP contribution in [0.5, 0.6) is 0 Å². The van der Waals surface area contributed by atoms with E-state index in [1.54, 1.807) is 0 Å². The average molecular weight is 243 g/mol. The Kier molecular flexibility index (Phi) is 2.71. The van der Waals surface area contributed by atoms with Gasteiger partial charge in [0.25, 0.3) is 5.56 Å². The molecule has 7 heteroatoms. The van der Waals surface area contributed by atoms with Crippen LogP contribution in [-0.2, 0) is 22.0 Å². The summed E-state index contributed by atoms with van der Waals surface area (Å²) in [6.07, 6.45) is 2.69. The number of anilines is 1. The molecule has 0 amide bonds. The number of nitrogens with zero attached hydrogens (tertiary/aromatic N) is 1. The van der Waals surface area contributed by atoms with E-state index in [1.165, 1.54) is 0 Å². The maximum Gasteiger partial charge on any atom is 0.256 e. The van der Waals surface area contributed by atoms with Crippen LogP contribution in [0, 0.1) is 0 Å². The van der Waals surface area contributed by atoms with Crippen LogP contribution < -0.4 is 10.9 Å². The molecule has 0 spiro atoms. The number of aromatic nitrogens is 2. The first-order valence-electron chi connectivity index (χ1n) is 4.99. The maximum absolute atomic E-state index is 11.6. The highest BCUT2D eigenvalue weighted by Crippen LogP contribution is 2.15. The molecule has 0 saturated carbocycles. The van der Waals surface area contributed by atoms with Crippen LogP contribution in [0.15, 0.2) is 4.79 Å². The van der Waals surface area contributed by atoms with Crippen molar-refractivity contribution < 1.29 is 8.42 Å². The number of rotatable bonds is 2. The minimum absolute atomic E-state index is 0.195. The lowest BCUT2D eigenvalue weighted by molar-refractivity contribution is 0.599. The Morgan fingerprint density at radius 1 is 1.44 bits per heavy atom. The fraction of sp³-hybridized carbons (Fsp3) is 0.556. The Labute approximate surface area is 93.0 Å². The smallest absolute Gasteiger partial charge is 0.256 e. The molecule has 0 bridgehead atoms. The van der Waals surface area contributed by atoms with E-state index in [2.05, 4.69) is 15.3 Å². The standard InChI is InChI=1S/C9H13N3O3S/c1-16(14,15)5-7-11-8-6(9(13)12-7)3-2-4-10-8/h2-5H2,1H3,(H2,10,11,12,13). The summed E-state index contributed by atoms with van der Waals surface area (Å²) in [5.74, 6) is 0.478. The summed E-state index contributed by atoms with van der Waals surface area (Å²) < 4.78 is 22.2. The van der Waals surface area contributed by atoms with Crippen molar-refractivity contribution >= 4 is 15.7 Å². The van der Waals surface area contributed by atoms with Gasteiger partial charge in [0.1, 0.15) is 17.4 Å². The van der Waals surface area contributed by atoms with Crippen LogP contribution in [0.25, 0.3) is 0 Å². The summed E-state index contributed by atoms with van der Waals surface area (Å²) in [5.41, 5.74) is 0.374. The molecule has 2 heterocycles. The lowest BCUT2D eigenvalue weighted by Crippen LogP contribution is -2.25. The summed E-state index contributed by atoms with van der Waals surface area (Å²) >= 11 is 0. The molecule has 88 valence electrons. The number of hydrogen-bond donors (Lipinski definition) is 2. The van der Waals surface area contributed by atoms with E-state index >= 15 is 0 Å². The van der Waals surface area contributed by atoms with E-state index in [0.29, 0.717) is 17.8 Å². The summed E-state index contributed by atoms with van der Waals surface area (Å²) in [7, 11) is -3.18. The van der Waals surface area contributed by atoms with Gasteiger partial charge in [-0.3, -0.25) is 4.79 Å². The highest BCUT2D eigenvalue weighted by Gasteiger charge is 2.16. The number of nitrogens with one attached hydrogen (secondary N) is 2. The molecule has 1 aromatic heterocycles. The Bertz CT molecular complexity index is 562. The van der Waals surface area contributed by atoms with Crippen molar-refractivity contribution in [3.05, 3.63) is 21.7 Å². The second-order valence-electron chi connectivity index (χ2n) is 3.94. The van der Waals surface area contributed by atoms with E-state index in [4.69, 9.17) is 0 Å². The minimum atomic E-state index is -3.18. The quantitative estimate of drug-likeness (QED) is 0.742. The summed E-state index contributed by atoms with van der Waals surface area (Å²) in [6.45, 7) is 0.766. The van der Waals surface area contributed by atoms with Crippen molar-refractivity contribution in [3.8, 4) is 0 Å². The predicted octanol–water partition coefficient (Wildman–Crippen LogP) is -0.327. The van der Waals surface area contributed by atoms with E-state index in [0.717, 1.165) is 19.2 Å². The van der Waals surface area contributed by atoms with Gasteiger partial charge in [0.05, 0.1) is 5.56 Å².